The highest BCUT2D eigenvalue weighted by Crippen LogP contribution is 2.26. The first kappa shape index (κ1) is 23.2. The number of sulfonamides is 2. The summed E-state index contributed by atoms with van der Waals surface area (Å²) < 4.78 is 52.9. The number of rotatable bonds is 6. The smallest absolute Gasteiger partial charge is 0.253 e. The molecule has 1 unspecified atom stereocenters. The molecule has 1 aliphatic carbocycles. The monoisotopic (exact) mass is 457 g/mol. The summed E-state index contributed by atoms with van der Waals surface area (Å²) >= 11 is 0. The Bertz CT molecular complexity index is 955. The molecule has 1 aliphatic heterocycles. The molecule has 0 bridgehead atoms. The van der Waals surface area contributed by atoms with Gasteiger partial charge in [-0.05, 0) is 49.9 Å². The van der Waals surface area contributed by atoms with E-state index in [4.69, 9.17) is 0 Å². The fraction of sp³-hybridized carbons (Fsp3) is 0.650. The van der Waals surface area contributed by atoms with Crippen molar-refractivity contribution in [2.75, 3.05) is 26.4 Å². The maximum absolute atomic E-state index is 13.0. The molecule has 1 saturated heterocycles. The van der Waals surface area contributed by atoms with Crippen LogP contribution in [0.25, 0.3) is 0 Å². The molecule has 1 heterocycles. The lowest BCUT2D eigenvalue weighted by atomic mass is 9.96. The van der Waals surface area contributed by atoms with Gasteiger partial charge in [0.1, 0.15) is 0 Å². The van der Waals surface area contributed by atoms with Crippen LogP contribution in [0, 0.1) is 0 Å². The molecule has 1 saturated carbocycles. The highest BCUT2D eigenvalue weighted by molar-refractivity contribution is 7.89. The number of hydrogen-bond donors (Lipinski definition) is 1. The lowest BCUT2D eigenvalue weighted by Gasteiger charge is -2.33. The summed E-state index contributed by atoms with van der Waals surface area (Å²) in [5.41, 5.74) is 0.397. The Morgan fingerprint density at radius 3 is 2.23 bits per heavy atom. The van der Waals surface area contributed by atoms with Crippen LogP contribution >= 0.6 is 0 Å². The Balaban J connectivity index is 1.69. The van der Waals surface area contributed by atoms with Crippen LogP contribution in [-0.2, 0) is 20.0 Å². The fourth-order valence-electron chi connectivity index (χ4n) is 4.32. The lowest BCUT2D eigenvalue weighted by Crippen LogP contribution is -2.49. The number of likely N-dealkylation sites (tertiary alicyclic amines) is 1. The Morgan fingerprint density at radius 1 is 1.00 bits per heavy atom. The minimum absolute atomic E-state index is 0.0256. The standard InChI is InChI=1S/C20H31N3O5S2/c1-22(18-8-4-3-5-9-18)30(27,28)19-12-10-16(11-13-19)20(24)23-14-6-7-17(15-23)21-29(2,25)26/h10-13,17-18,21H,3-9,14-15H2,1-2H3. The van der Waals surface area contributed by atoms with E-state index in [-0.39, 0.29) is 22.9 Å². The number of piperidine rings is 1. The minimum atomic E-state index is -3.60. The average Bonchev–Trinajstić information content (AvgIpc) is 2.72. The second-order valence-electron chi connectivity index (χ2n) is 8.32. The van der Waals surface area contributed by atoms with E-state index in [2.05, 4.69) is 4.72 Å². The predicted octanol–water partition coefficient (Wildman–Crippen LogP) is 1.79. The molecule has 30 heavy (non-hydrogen) atoms. The van der Waals surface area contributed by atoms with Gasteiger partial charge in [-0.15, -0.1) is 0 Å². The van der Waals surface area contributed by atoms with Crippen molar-refractivity contribution in [1.29, 1.82) is 0 Å². The quantitative estimate of drug-likeness (QED) is 0.701. The van der Waals surface area contributed by atoms with Crippen molar-refractivity contribution in [2.45, 2.75) is 61.9 Å². The Hall–Kier alpha value is -1.49. The molecular formula is C20H31N3O5S2. The molecule has 1 N–H and O–H groups in total. The fourth-order valence-corrected chi connectivity index (χ4v) is 6.53. The van der Waals surface area contributed by atoms with E-state index in [9.17, 15) is 21.6 Å². The SMILES string of the molecule is CN(C1CCCCC1)S(=O)(=O)c1ccc(C(=O)N2CCCC(NS(C)(=O)=O)C2)cc1. The zero-order valence-corrected chi connectivity index (χ0v) is 19.2. The van der Waals surface area contributed by atoms with Gasteiger partial charge in [-0.1, -0.05) is 19.3 Å². The van der Waals surface area contributed by atoms with Gasteiger partial charge in [-0.25, -0.2) is 21.6 Å². The number of hydrogen-bond acceptors (Lipinski definition) is 5. The van der Waals surface area contributed by atoms with E-state index in [1.54, 1.807) is 11.9 Å². The van der Waals surface area contributed by atoms with Crippen molar-refractivity contribution >= 4 is 26.0 Å². The molecule has 168 valence electrons. The first-order valence-corrected chi connectivity index (χ1v) is 13.8. The third-order valence-electron chi connectivity index (χ3n) is 5.96. The molecule has 2 fully saturated rings. The van der Waals surface area contributed by atoms with Crippen LogP contribution in [0.5, 0.6) is 0 Å². The topological polar surface area (TPSA) is 104 Å². The highest BCUT2D eigenvalue weighted by atomic mass is 32.2. The zero-order chi connectivity index (χ0) is 21.9. The van der Waals surface area contributed by atoms with Gasteiger partial charge >= 0.3 is 0 Å². The van der Waals surface area contributed by atoms with Gasteiger partial charge in [0.2, 0.25) is 20.0 Å². The zero-order valence-electron chi connectivity index (χ0n) is 17.6. The number of amides is 1. The third-order valence-corrected chi connectivity index (χ3v) is 8.64. The molecule has 0 radical (unpaired) electrons. The predicted molar refractivity (Wildman–Crippen MR) is 115 cm³/mol. The normalized spacial score (nSPS) is 21.7. The van der Waals surface area contributed by atoms with Crippen LogP contribution in [0.3, 0.4) is 0 Å². The first-order chi connectivity index (χ1) is 14.1. The lowest BCUT2D eigenvalue weighted by molar-refractivity contribution is 0.0703. The summed E-state index contributed by atoms with van der Waals surface area (Å²) in [6, 6.07) is 5.77. The van der Waals surface area contributed by atoms with Crippen molar-refractivity contribution in [3.05, 3.63) is 29.8 Å². The molecule has 1 atom stereocenters. The van der Waals surface area contributed by atoms with Gasteiger partial charge in [-0.3, -0.25) is 4.79 Å². The van der Waals surface area contributed by atoms with Crippen molar-refractivity contribution in [3.63, 3.8) is 0 Å². The summed E-state index contributed by atoms with van der Waals surface area (Å²) in [5.74, 6) is -0.223. The van der Waals surface area contributed by atoms with Gasteiger partial charge in [0.05, 0.1) is 11.2 Å². The van der Waals surface area contributed by atoms with Crippen LogP contribution in [0.15, 0.2) is 29.2 Å². The molecule has 1 aromatic carbocycles. The number of carbonyl (C=O) groups excluding carboxylic acids is 1. The van der Waals surface area contributed by atoms with Crippen molar-refractivity contribution in [3.8, 4) is 0 Å². The Morgan fingerprint density at radius 2 is 1.63 bits per heavy atom. The molecule has 8 nitrogen and oxygen atoms in total. The van der Waals surface area contributed by atoms with Crippen LogP contribution in [0.1, 0.15) is 55.3 Å². The van der Waals surface area contributed by atoms with Crippen LogP contribution in [0.4, 0.5) is 0 Å². The highest BCUT2D eigenvalue weighted by Gasteiger charge is 2.30. The molecule has 10 heteroatoms. The number of benzene rings is 1. The molecule has 1 aromatic rings. The van der Waals surface area contributed by atoms with Crippen molar-refractivity contribution < 1.29 is 21.6 Å². The molecular weight excluding hydrogens is 426 g/mol. The van der Waals surface area contributed by atoms with Crippen LogP contribution < -0.4 is 4.72 Å². The first-order valence-electron chi connectivity index (χ1n) is 10.4. The average molecular weight is 458 g/mol. The number of carbonyl (C=O) groups is 1. The summed E-state index contributed by atoms with van der Waals surface area (Å²) in [4.78, 5) is 14.6. The van der Waals surface area contributed by atoms with Crippen molar-refractivity contribution in [2.24, 2.45) is 0 Å². The second kappa shape index (κ2) is 9.33. The van der Waals surface area contributed by atoms with Gasteiger partial charge in [-0.2, -0.15) is 4.31 Å². The molecule has 0 aromatic heterocycles. The third kappa shape index (κ3) is 5.60. The van der Waals surface area contributed by atoms with Crippen LogP contribution in [0.2, 0.25) is 0 Å². The number of nitrogens with one attached hydrogen (secondary N) is 1. The molecule has 2 aliphatic rings. The summed E-state index contributed by atoms with van der Waals surface area (Å²) in [5, 5.41) is 0. The molecule has 1 amide bonds. The summed E-state index contributed by atoms with van der Waals surface area (Å²) in [6.45, 7) is 0.849. The van der Waals surface area contributed by atoms with Crippen molar-refractivity contribution in [1.82, 2.24) is 13.9 Å². The van der Waals surface area contributed by atoms with E-state index in [1.165, 1.54) is 28.6 Å². The largest absolute Gasteiger partial charge is 0.337 e. The van der Waals surface area contributed by atoms with Gasteiger partial charge in [0.25, 0.3) is 5.91 Å². The number of nitrogens with zero attached hydrogens (tertiary/aromatic N) is 2. The maximum atomic E-state index is 13.0. The van der Waals surface area contributed by atoms with Crippen LogP contribution in [-0.4, -0.2) is 70.4 Å². The Labute approximate surface area is 179 Å². The minimum Gasteiger partial charge on any atom is -0.337 e. The van der Waals surface area contributed by atoms with Gasteiger partial charge < -0.3 is 4.90 Å². The molecule has 3 rings (SSSR count). The van der Waals surface area contributed by atoms with E-state index < -0.39 is 20.0 Å². The second-order valence-corrected chi connectivity index (χ2v) is 12.1. The van der Waals surface area contributed by atoms with Gasteiger partial charge in [0.15, 0.2) is 0 Å². The Kier molecular flexibility index (Phi) is 7.21. The maximum Gasteiger partial charge on any atom is 0.253 e. The van der Waals surface area contributed by atoms with E-state index in [0.717, 1.165) is 38.4 Å². The van der Waals surface area contributed by atoms with Gasteiger partial charge in [0, 0.05) is 37.8 Å². The molecule has 0 spiro atoms. The van der Waals surface area contributed by atoms with E-state index in [0.29, 0.717) is 31.5 Å². The van der Waals surface area contributed by atoms with E-state index >= 15 is 0 Å². The van der Waals surface area contributed by atoms with E-state index in [1.807, 2.05) is 0 Å². The summed E-state index contributed by atoms with van der Waals surface area (Å²) in [6.07, 6.45) is 7.49. The summed E-state index contributed by atoms with van der Waals surface area (Å²) in [7, 11) is -5.31.